The van der Waals surface area contributed by atoms with E-state index < -0.39 is 0 Å². The number of rotatable bonds is 5. The van der Waals surface area contributed by atoms with Crippen molar-refractivity contribution in [3.05, 3.63) is 29.8 Å². The number of hydrogen-bond donors (Lipinski definition) is 2. The number of halogens is 1. The van der Waals surface area contributed by atoms with Gasteiger partial charge in [0, 0.05) is 44.3 Å². The summed E-state index contributed by atoms with van der Waals surface area (Å²) < 4.78 is 0. The molecule has 0 aliphatic carbocycles. The van der Waals surface area contributed by atoms with Gasteiger partial charge in [0.15, 0.2) is 0 Å². The number of carbonyl (C=O) groups is 1. The van der Waals surface area contributed by atoms with Crippen LogP contribution in [0.25, 0.3) is 0 Å². The van der Waals surface area contributed by atoms with Crippen molar-refractivity contribution in [3.63, 3.8) is 0 Å². The first kappa shape index (κ1) is 20.2. The molecule has 0 spiro atoms. The van der Waals surface area contributed by atoms with Gasteiger partial charge >= 0.3 is 0 Å². The molecule has 2 heterocycles. The standard InChI is InChI=1S/C19H30N4O.ClH/c1-2-22-11-13-23(14-12-22)15-16-3-5-18(6-4-16)21-19(24)17-7-9-20-10-8-17;/h3-6,17,20H,2,7-15H2,1H3,(H,21,24);1H. The van der Waals surface area contributed by atoms with Crippen molar-refractivity contribution >= 4 is 24.0 Å². The highest BCUT2D eigenvalue weighted by Gasteiger charge is 2.21. The number of piperidine rings is 1. The van der Waals surface area contributed by atoms with Crippen LogP contribution in [0.2, 0.25) is 0 Å². The lowest BCUT2D eigenvalue weighted by Crippen LogP contribution is -2.45. The first-order valence-corrected chi connectivity index (χ1v) is 9.30. The lowest BCUT2D eigenvalue weighted by molar-refractivity contribution is -0.120. The van der Waals surface area contributed by atoms with Crippen LogP contribution in [0.15, 0.2) is 24.3 Å². The van der Waals surface area contributed by atoms with E-state index >= 15 is 0 Å². The monoisotopic (exact) mass is 366 g/mol. The second-order valence-electron chi connectivity index (χ2n) is 6.92. The van der Waals surface area contributed by atoms with Crippen LogP contribution in [-0.2, 0) is 11.3 Å². The van der Waals surface area contributed by atoms with Gasteiger partial charge in [0.25, 0.3) is 0 Å². The third-order valence-corrected chi connectivity index (χ3v) is 5.25. The third-order valence-electron chi connectivity index (χ3n) is 5.25. The van der Waals surface area contributed by atoms with Crippen LogP contribution in [0.3, 0.4) is 0 Å². The second kappa shape index (κ2) is 10.1. The van der Waals surface area contributed by atoms with E-state index in [-0.39, 0.29) is 24.2 Å². The maximum absolute atomic E-state index is 12.3. The van der Waals surface area contributed by atoms with Crippen LogP contribution in [0.5, 0.6) is 0 Å². The molecule has 0 radical (unpaired) electrons. The van der Waals surface area contributed by atoms with Gasteiger partial charge in [-0.1, -0.05) is 19.1 Å². The molecule has 2 aliphatic rings. The molecule has 1 aromatic carbocycles. The largest absolute Gasteiger partial charge is 0.326 e. The molecule has 0 aromatic heterocycles. The number of hydrogen-bond acceptors (Lipinski definition) is 4. The molecule has 3 rings (SSSR count). The minimum absolute atomic E-state index is 0. The van der Waals surface area contributed by atoms with Crippen molar-refractivity contribution in [1.82, 2.24) is 15.1 Å². The fraction of sp³-hybridized carbons (Fsp3) is 0.632. The van der Waals surface area contributed by atoms with Gasteiger partial charge in [-0.25, -0.2) is 0 Å². The first-order valence-electron chi connectivity index (χ1n) is 9.30. The summed E-state index contributed by atoms with van der Waals surface area (Å²) in [4.78, 5) is 17.3. The molecule has 2 aliphatic heterocycles. The van der Waals surface area contributed by atoms with Gasteiger partial charge in [-0.3, -0.25) is 9.69 Å². The second-order valence-corrected chi connectivity index (χ2v) is 6.92. The Bertz CT molecular complexity index is 523. The highest BCUT2D eigenvalue weighted by molar-refractivity contribution is 5.92. The molecule has 140 valence electrons. The molecule has 6 heteroatoms. The van der Waals surface area contributed by atoms with Crippen LogP contribution >= 0.6 is 12.4 Å². The Labute approximate surface area is 157 Å². The fourth-order valence-corrected chi connectivity index (χ4v) is 3.54. The molecule has 0 bridgehead atoms. The van der Waals surface area contributed by atoms with Crippen LogP contribution in [0.1, 0.15) is 25.3 Å². The Kier molecular flexibility index (Phi) is 8.16. The zero-order chi connectivity index (χ0) is 16.8. The summed E-state index contributed by atoms with van der Waals surface area (Å²) in [6.45, 7) is 10.9. The Morgan fingerprint density at radius 3 is 2.28 bits per heavy atom. The molecule has 5 nitrogen and oxygen atoms in total. The first-order chi connectivity index (χ1) is 11.7. The summed E-state index contributed by atoms with van der Waals surface area (Å²) in [5.41, 5.74) is 2.23. The average Bonchev–Trinajstić information content (AvgIpc) is 2.65. The Balaban J connectivity index is 0.00000225. The van der Waals surface area contributed by atoms with Crippen LogP contribution in [-0.4, -0.2) is 61.5 Å². The van der Waals surface area contributed by atoms with E-state index in [4.69, 9.17) is 0 Å². The maximum Gasteiger partial charge on any atom is 0.227 e. The van der Waals surface area contributed by atoms with Crippen molar-refractivity contribution in [1.29, 1.82) is 0 Å². The molecule has 0 unspecified atom stereocenters. The van der Waals surface area contributed by atoms with Crippen LogP contribution in [0, 0.1) is 5.92 Å². The number of carbonyl (C=O) groups excluding carboxylic acids is 1. The summed E-state index contributed by atoms with van der Waals surface area (Å²) in [5, 5.41) is 6.37. The number of amides is 1. The predicted octanol–water partition coefficient (Wildman–Crippen LogP) is 2.18. The van der Waals surface area contributed by atoms with Gasteiger partial charge in [0.2, 0.25) is 5.91 Å². The number of anilines is 1. The van der Waals surface area contributed by atoms with Gasteiger partial charge in [-0.2, -0.15) is 0 Å². The van der Waals surface area contributed by atoms with E-state index in [9.17, 15) is 4.79 Å². The predicted molar refractivity (Wildman–Crippen MR) is 105 cm³/mol. The number of nitrogens with one attached hydrogen (secondary N) is 2. The summed E-state index contributed by atoms with van der Waals surface area (Å²) >= 11 is 0. The van der Waals surface area contributed by atoms with Crippen LogP contribution < -0.4 is 10.6 Å². The van der Waals surface area contributed by atoms with E-state index in [0.717, 1.165) is 57.8 Å². The average molecular weight is 367 g/mol. The van der Waals surface area contributed by atoms with Crippen molar-refractivity contribution < 1.29 is 4.79 Å². The summed E-state index contributed by atoms with van der Waals surface area (Å²) in [6, 6.07) is 8.36. The molecule has 0 saturated carbocycles. The Morgan fingerprint density at radius 2 is 1.68 bits per heavy atom. The van der Waals surface area contributed by atoms with Gasteiger partial charge in [0.1, 0.15) is 0 Å². The van der Waals surface area contributed by atoms with Gasteiger partial charge in [0.05, 0.1) is 0 Å². The van der Waals surface area contributed by atoms with E-state index in [1.807, 2.05) is 12.1 Å². The van der Waals surface area contributed by atoms with Crippen molar-refractivity contribution in [3.8, 4) is 0 Å². The molecular weight excluding hydrogens is 336 g/mol. The molecule has 25 heavy (non-hydrogen) atoms. The summed E-state index contributed by atoms with van der Waals surface area (Å²) in [5.74, 6) is 0.320. The highest BCUT2D eigenvalue weighted by Crippen LogP contribution is 2.17. The smallest absolute Gasteiger partial charge is 0.227 e. The number of likely N-dealkylation sites (N-methyl/N-ethyl adjacent to an activating group) is 1. The topological polar surface area (TPSA) is 47.6 Å². The SMILES string of the molecule is CCN1CCN(Cc2ccc(NC(=O)C3CCNCC3)cc2)CC1.Cl. The van der Waals surface area contributed by atoms with Crippen molar-refractivity contribution in [2.24, 2.45) is 5.92 Å². The molecular formula is C19H31ClN4O. The fourth-order valence-electron chi connectivity index (χ4n) is 3.54. The van der Waals surface area contributed by atoms with Crippen molar-refractivity contribution in [2.45, 2.75) is 26.3 Å². The van der Waals surface area contributed by atoms with Gasteiger partial charge in [-0.05, 0) is 50.2 Å². The molecule has 2 saturated heterocycles. The van der Waals surface area contributed by atoms with E-state index in [2.05, 4.69) is 39.5 Å². The summed E-state index contributed by atoms with van der Waals surface area (Å²) in [7, 11) is 0. The van der Waals surface area contributed by atoms with E-state index in [1.54, 1.807) is 0 Å². The Hall–Kier alpha value is -1.14. The maximum atomic E-state index is 12.3. The van der Waals surface area contributed by atoms with Gasteiger partial charge in [-0.15, -0.1) is 12.4 Å². The molecule has 2 fully saturated rings. The minimum atomic E-state index is 0. The quantitative estimate of drug-likeness (QED) is 0.838. The zero-order valence-corrected chi connectivity index (χ0v) is 16.0. The molecule has 1 aromatic rings. The van der Waals surface area contributed by atoms with E-state index in [1.165, 1.54) is 18.7 Å². The normalized spacial score (nSPS) is 20.0. The Morgan fingerprint density at radius 1 is 1.08 bits per heavy atom. The van der Waals surface area contributed by atoms with E-state index in [0.29, 0.717) is 0 Å². The van der Waals surface area contributed by atoms with Crippen molar-refractivity contribution in [2.75, 3.05) is 51.1 Å². The minimum Gasteiger partial charge on any atom is -0.326 e. The summed E-state index contributed by atoms with van der Waals surface area (Å²) in [6.07, 6.45) is 1.88. The third kappa shape index (κ3) is 5.96. The number of benzene rings is 1. The van der Waals surface area contributed by atoms with Gasteiger partial charge < -0.3 is 15.5 Å². The molecule has 0 atom stereocenters. The number of piperazine rings is 1. The zero-order valence-electron chi connectivity index (χ0n) is 15.2. The number of nitrogens with zero attached hydrogens (tertiary/aromatic N) is 2. The lowest BCUT2D eigenvalue weighted by Gasteiger charge is -2.34. The molecule has 1 amide bonds. The highest BCUT2D eigenvalue weighted by atomic mass is 35.5. The van der Waals surface area contributed by atoms with Crippen LogP contribution in [0.4, 0.5) is 5.69 Å². The lowest BCUT2D eigenvalue weighted by atomic mass is 9.97. The molecule has 2 N–H and O–H groups in total.